The van der Waals surface area contributed by atoms with Gasteiger partial charge in [-0.25, -0.2) is 0 Å². The Hall–Kier alpha value is -2.04. The molecular formula is C16H22N2O3. The fourth-order valence-corrected chi connectivity index (χ4v) is 2.88. The molecule has 114 valence electrons. The van der Waals surface area contributed by atoms with E-state index in [-0.39, 0.29) is 12.5 Å². The number of hydrogen-bond donors (Lipinski definition) is 3. The Bertz CT molecular complexity index is 522. The third-order valence-electron chi connectivity index (χ3n) is 4.23. The van der Waals surface area contributed by atoms with Crippen LogP contribution in [0.5, 0.6) is 0 Å². The number of benzene rings is 1. The molecule has 0 bridgehead atoms. The first kappa shape index (κ1) is 15.4. The number of anilines is 1. The number of amides is 1. The van der Waals surface area contributed by atoms with Gasteiger partial charge >= 0.3 is 5.97 Å². The van der Waals surface area contributed by atoms with E-state index in [1.807, 2.05) is 18.2 Å². The van der Waals surface area contributed by atoms with Gasteiger partial charge in [0.05, 0.1) is 5.41 Å². The van der Waals surface area contributed by atoms with Crippen LogP contribution in [0.1, 0.15) is 37.7 Å². The minimum atomic E-state index is -0.795. The zero-order valence-corrected chi connectivity index (χ0v) is 12.1. The molecule has 0 spiro atoms. The quantitative estimate of drug-likeness (QED) is 0.698. The second-order valence-corrected chi connectivity index (χ2v) is 5.81. The van der Waals surface area contributed by atoms with Gasteiger partial charge in [0.1, 0.15) is 0 Å². The van der Waals surface area contributed by atoms with Gasteiger partial charge in [-0.15, -0.1) is 0 Å². The number of carboxylic acids is 1. The van der Waals surface area contributed by atoms with Crippen molar-refractivity contribution in [2.45, 2.75) is 38.5 Å². The van der Waals surface area contributed by atoms with Crippen LogP contribution < -0.4 is 11.1 Å². The topological polar surface area (TPSA) is 92.4 Å². The van der Waals surface area contributed by atoms with Gasteiger partial charge in [0.15, 0.2) is 0 Å². The summed E-state index contributed by atoms with van der Waals surface area (Å²) in [5.74, 6) is -0.902. The molecule has 1 aromatic rings. The fraction of sp³-hybridized carbons (Fsp3) is 0.500. The lowest BCUT2D eigenvalue weighted by molar-refractivity contribution is -0.148. The van der Waals surface area contributed by atoms with Crippen LogP contribution in [0.15, 0.2) is 24.3 Å². The Morgan fingerprint density at radius 1 is 1.29 bits per heavy atom. The van der Waals surface area contributed by atoms with Gasteiger partial charge in [-0.2, -0.15) is 0 Å². The highest BCUT2D eigenvalue weighted by Gasteiger charge is 2.41. The Kier molecular flexibility index (Phi) is 4.83. The van der Waals surface area contributed by atoms with E-state index in [2.05, 4.69) is 5.32 Å². The van der Waals surface area contributed by atoms with Gasteiger partial charge in [0.25, 0.3) is 0 Å². The van der Waals surface area contributed by atoms with Gasteiger partial charge in [0.2, 0.25) is 5.91 Å². The molecule has 1 aromatic carbocycles. The predicted octanol–water partition coefficient (Wildman–Crippen LogP) is 1.96. The fourth-order valence-electron chi connectivity index (χ4n) is 2.88. The van der Waals surface area contributed by atoms with Gasteiger partial charge in [-0.1, -0.05) is 25.0 Å². The number of aliphatic carboxylic acids is 1. The molecular weight excluding hydrogens is 268 g/mol. The van der Waals surface area contributed by atoms with Crippen molar-refractivity contribution in [2.75, 3.05) is 12.3 Å². The average molecular weight is 290 g/mol. The summed E-state index contributed by atoms with van der Waals surface area (Å²) in [4.78, 5) is 23.3. The zero-order valence-electron chi connectivity index (χ0n) is 12.1. The molecule has 0 aromatic heterocycles. The molecule has 1 saturated carbocycles. The van der Waals surface area contributed by atoms with Crippen LogP contribution in [-0.4, -0.2) is 23.5 Å². The number of nitrogens with two attached hydrogens (primary N) is 1. The summed E-state index contributed by atoms with van der Waals surface area (Å²) in [5.41, 5.74) is 6.63. The van der Waals surface area contributed by atoms with Crippen LogP contribution in [0.25, 0.3) is 0 Å². The Balaban J connectivity index is 1.81. The van der Waals surface area contributed by atoms with E-state index in [0.717, 1.165) is 18.4 Å². The number of carboxylic acid groups (broad SMARTS) is 1. The third-order valence-corrected chi connectivity index (χ3v) is 4.23. The van der Waals surface area contributed by atoms with Crippen molar-refractivity contribution in [3.05, 3.63) is 29.8 Å². The van der Waals surface area contributed by atoms with Crippen LogP contribution in [0.4, 0.5) is 5.69 Å². The van der Waals surface area contributed by atoms with Crippen molar-refractivity contribution in [1.29, 1.82) is 0 Å². The molecule has 1 aliphatic rings. The maximum Gasteiger partial charge on any atom is 0.311 e. The number of nitrogens with one attached hydrogen (secondary N) is 1. The molecule has 0 unspecified atom stereocenters. The predicted molar refractivity (Wildman–Crippen MR) is 80.7 cm³/mol. The molecule has 0 aliphatic heterocycles. The summed E-state index contributed by atoms with van der Waals surface area (Å²) in [6, 6.07) is 7.45. The van der Waals surface area contributed by atoms with E-state index >= 15 is 0 Å². The van der Waals surface area contributed by atoms with E-state index in [4.69, 9.17) is 5.73 Å². The Morgan fingerprint density at radius 3 is 2.62 bits per heavy atom. The molecule has 0 saturated heterocycles. The minimum Gasteiger partial charge on any atom is -0.481 e. The van der Waals surface area contributed by atoms with Crippen LogP contribution in [-0.2, 0) is 16.0 Å². The smallest absolute Gasteiger partial charge is 0.311 e. The first-order valence-corrected chi connectivity index (χ1v) is 7.36. The first-order valence-electron chi connectivity index (χ1n) is 7.36. The molecule has 5 nitrogen and oxygen atoms in total. The molecule has 0 radical (unpaired) electrons. The first-order chi connectivity index (χ1) is 10.0. The SMILES string of the molecule is Nc1cccc(CCC(=O)NCC2(C(=O)O)CCCC2)c1. The van der Waals surface area contributed by atoms with Gasteiger partial charge in [-0.05, 0) is 37.0 Å². The minimum absolute atomic E-state index is 0.107. The van der Waals surface area contributed by atoms with E-state index in [1.165, 1.54) is 0 Å². The van der Waals surface area contributed by atoms with E-state index in [0.29, 0.717) is 31.4 Å². The highest BCUT2D eigenvalue weighted by atomic mass is 16.4. The average Bonchev–Trinajstić information content (AvgIpc) is 2.93. The number of rotatable bonds is 6. The third kappa shape index (κ3) is 3.97. The second kappa shape index (κ2) is 6.61. The number of carbonyl (C=O) groups is 2. The number of nitrogen functional groups attached to an aromatic ring is 1. The Morgan fingerprint density at radius 2 is 2.00 bits per heavy atom. The maximum absolute atomic E-state index is 11.9. The van der Waals surface area contributed by atoms with Crippen LogP contribution in [0, 0.1) is 5.41 Å². The second-order valence-electron chi connectivity index (χ2n) is 5.81. The summed E-state index contributed by atoms with van der Waals surface area (Å²) >= 11 is 0. The lowest BCUT2D eigenvalue weighted by atomic mass is 9.86. The van der Waals surface area contributed by atoms with E-state index in [9.17, 15) is 14.7 Å². The highest BCUT2D eigenvalue weighted by Crippen LogP contribution is 2.37. The largest absolute Gasteiger partial charge is 0.481 e. The molecule has 1 fully saturated rings. The van der Waals surface area contributed by atoms with Gasteiger partial charge in [0, 0.05) is 18.7 Å². The molecule has 4 N–H and O–H groups in total. The maximum atomic E-state index is 11.9. The van der Waals surface area contributed by atoms with Crippen molar-refractivity contribution < 1.29 is 14.7 Å². The standard InChI is InChI=1S/C16H22N2O3/c17-13-5-3-4-12(10-13)6-7-14(19)18-11-16(15(20)21)8-1-2-9-16/h3-5,10H,1-2,6-9,11,17H2,(H,18,19)(H,20,21). The number of hydrogen-bond acceptors (Lipinski definition) is 3. The summed E-state index contributed by atoms with van der Waals surface area (Å²) in [7, 11) is 0. The normalized spacial score (nSPS) is 16.6. The van der Waals surface area contributed by atoms with Crippen molar-refractivity contribution in [3.63, 3.8) is 0 Å². The lowest BCUT2D eigenvalue weighted by Gasteiger charge is -2.23. The van der Waals surface area contributed by atoms with E-state index in [1.54, 1.807) is 6.07 Å². The molecule has 0 atom stereocenters. The zero-order chi connectivity index (χ0) is 15.3. The van der Waals surface area contributed by atoms with Crippen molar-refractivity contribution in [3.8, 4) is 0 Å². The van der Waals surface area contributed by atoms with Crippen molar-refractivity contribution in [2.24, 2.45) is 5.41 Å². The molecule has 2 rings (SSSR count). The summed E-state index contributed by atoms with van der Waals surface area (Å²) in [5, 5.41) is 12.1. The molecule has 0 heterocycles. The van der Waals surface area contributed by atoms with E-state index < -0.39 is 11.4 Å². The molecule has 5 heteroatoms. The van der Waals surface area contributed by atoms with Gasteiger partial charge in [-0.3, -0.25) is 9.59 Å². The molecule has 21 heavy (non-hydrogen) atoms. The summed E-state index contributed by atoms with van der Waals surface area (Å²) < 4.78 is 0. The van der Waals surface area contributed by atoms with Crippen LogP contribution in [0.3, 0.4) is 0 Å². The summed E-state index contributed by atoms with van der Waals surface area (Å²) in [6.45, 7) is 0.234. The summed E-state index contributed by atoms with van der Waals surface area (Å²) in [6.07, 6.45) is 4.10. The van der Waals surface area contributed by atoms with Crippen LogP contribution in [0.2, 0.25) is 0 Å². The van der Waals surface area contributed by atoms with Gasteiger partial charge < -0.3 is 16.2 Å². The number of carbonyl (C=O) groups excluding carboxylic acids is 1. The molecule has 1 aliphatic carbocycles. The monoisotopic (exact) mass is 290 g/mol. The van der Waals surface area contributed by atoms with Crippen LogP contribution >= 0.6 is 0 Å². The van der Waals surface area contributed by atoms with Crippen molar-refractivity contribution in [1.82, 2.24) is 5.32 Å². The lowest BCUT2D eigenvalue weighted by Crippen LogP contribution is -2.41. The Labute approximate surface area is 124 Å². The highest BCUT2D eigenvalue weighted by molar-refractivity contribution is 5.79. The van der Waals surface area contributed by atoms with Crippen molar-refractivity contribution >= 4 is 17.6 Å². The molecule has 1 amide bonds. The number of aryl methyl sites for hydroxylation is 1.